The van der Waals surface area contributed by atoms with Crippen molar-refractivity contribution in [3.05, 3.63) is 41.8 Å². The highest BCUT2D eigenvalue weighted by molar-refractivity contribution is 5.28. The van der Waals surface area contributed by atoms with Gasteiger partial charge in [-0.15, -0.1) is 0 Å². The van der Waals surface area contributed by atoms with Gasteiger partial charge >= 0.3 is 0 Å². The molecule has 5 heteroatoms. The molecule has 4 rings (SSSR count). The molecule has 5 nitrogen and oxygen atoms in total. The molecule has 98 valence electrons. The first-order valence-electron chi connectivity index (χ1n) is 6.73. The van der Waals surface area contributed by atoms with Crippen LogP contribution in [0, 0.1) is 0 Å². The summed E-state index contributed by atoms with van der Waals surface area (Å²) in [4.78, 5) is 8.71. The van der Waals surface area contributed by atoms with Crippen LogP contribution in [0.15, 0.2) is 29.0 Å². The lowest BCUT2D eigenvalue weighted by atomic mass is 10.1. The van der Waals surface area contributed by atoms with Gasteiger partial charge in [-0.2, -0.15) is 4.98 Å². The van der Waals surface area contributed by atoms with E-state index in [9.17, 15) is 0 Å². The summed E-state index contributed by atoms with van der Waals surface area (Å²) in [6.45, 7) is 1.52. The maximum absolute atomic E-state index is 5.42. The molecule has 3 heterocycles. The standard InChI is InChI=1S/C14H15N3O2/c1-2-9(7-15-4-1)11-6-12(11)14-16-13(17-19-14)10-3-5-18-8-10/h1-2,4,7,10-12H,3,5-6,8H2. The van der Waals surface area contributed by atoms with E-state index < -0.39 is 0 Å². The van der Waals surface area contributed by atoms with Gasteiger partial charge in [0.05, 0.1) is 6.61 Å². The molecule has 19 heavy (non-hydrogen) atoms. The molecule has 1 saturated carbocycles. The van der Waals surface area contributed by atoms with Gasteiger partial charge in [0.25, 0.3) is 0 Å². The molecule has 0 aromatic carbocycles. The summed E-state index contributed by atoms with van der Waals surface area (Å²) >= 11 is 0. The quantitative estimate of drug-likeness (QED) is 0.843. The summed E-state index contributed by atoms with van der Waals surface area (Å²) in [5.74, 6) is 2.75. The average molecular weight is 257 g/mol. The summed E-state index contributed by atoms with van der Waals surface area (Å²) < 4.78 is 10.8. The molecule has 0 spiro atoms. The number of nitrogens with zero attached hydrogens (tertiary/aromatic N) is 3. The normalized spacial score (nSPS) is 29.6. The minimum absolute atomic E-state index is 0.313. The van der Waals surface area contributed by atoms with Crippen molar-refractivity contribution >= 4 is 0 Å². The number of ether oxygens (including phenoxy) is 1. The van der Waals surface area contributed by atoms with Gasteiger partial charge in [0.1, 0.15) is 0 Å². The van der Waals surface area contributed by atoms with Crippen LogP contribution in [-0.2, 0) is 4.74 Å². The molecule has 2 fully saturated rings. The fourth-order valence-electron chi connectivity index (χ4n) is 2.73. The largest absolute Gasteiger partial charge is 0.381 e. The Morgan fingerprint density at radius 2 is 2.26 bits per heavy atom. The molecule has 0 amide bonds. The zero-order valence-corrected chi connectivity index (χ0v) is 10.5. The Labute approximate surface area is 111 Å². The van der Waals surface area contributed by atoms with E-state index in [4.69, 9.17) is 9.26 Å². The first-order chi connectivity index (χ1) is 9.42. The summed E-state index contributed by atoms with van der Waals surface area (Å²) in [5, 5.41) is 4.11. The Kier molecular flexibility index (Phi) is 2.58. The SMILES string of the molecule is c1cncc(C2CC2c2nc(C3CCOC3)no2)c1. The Balaban J connectivity index is 1.49. The maximum Gasteiger partial charge on any atom is 0.230 e. The van der Waals surface area contributed by atoms with Crippen LogP contribution in [-0.4, -0.2) is 28.3 Å². The lowest BCUT2D eigenvalue weighted by molar-refractivity contribution is 0.192. The fraction of sp³-hybridized carbons (Fsp3) is 0.500. The first-order valence-corrected chi connectivity index (χ1v) is 6.73. The van der Waals surface area contributed by atoms with Crippen molar-refractivity contribution in [2.45, 2.75) is 30.6 Å². The van der Waals surface area contributed by atoms with Gasteiger partial charge in [-0.1, -0.05) is 11.2 Å². The van der Waals surface area contributed by atoms with Crippen molar-refractivity contribution in [2.75, 3.05) is 13.2 Å². The molecule has 3 unspecified atom stereocenters. The average Bonchev–Trinajstić information content (AvgIpc) is 2.90. The molecule has 0 N–H and O–H groups in total. The van der Waals surface area contributed by atoms with E-state index in [1.807, 2.05) is 12.3 Å². The highest BCUT2D eigenvalue weighted by Gasteiger charge is 2.44. The van der Waals surface area contributed by atoms with Crippen LogP contribution in [0.1, 0.15) is 47.9 Å². The monoisotopic (exact) mass is 257 g/mol. The topological polar surface area (TPSA) is 61.0 Å². The van der Waals surface area contributed by atoms with Crippen LogP contribution in [0.25, 0.3) is 0 Å². The summed E-state index contributed by atoms with van der Waals surface area (Å²) in [7, 11) is 0. The lowest BCUT2D eigenvalue weighted by Crippen LogP contribution is -1.99. The van der Waals surface area contributed by atoms with Crippen molar-refractivity contribution in [3.8, 4) is 0 Å². The zero-order valence-electron chi connectivity index (χ0n) is 10.5. The van der Waals surface area contributed by atoms with Crippen molar-refractivity contribution in [3.63, 3.8) is 0 Å². The molecule has 2 aromatic heterocycles. The van der Waals surface area contributed by atoms with Gasteiger partial charge < -0.3 is 9.26 Å². The van der Waals surface area contributed by atoms with E-state index in [0.29, 0.717) is 17.8 Å². The Morgan fingerprint density at radius 3 is 3.05 bits per heavy atom. The van der Waals surface area contributed by atoms with Gasteiger partial charge in [-0.05, 0) is 30.4 Å². The predicted molar refractivity (Wildman–Crippen MR) is 66.8 cm³/mol. The van der Waals surface area contributed by atoms with E-state index in [1.54, 1.807) is 6.20 Å². The predicted octanol–water partition coefficient (Wildman–Crippen LogP) is 2.24. The summed E-state index contributed by atoms with van der Waals surface area (Å²) in [6.07, 6.45) is 5.79. The third-order valence-electron chi connectivity index (χ3n) is 3.97. The fourth-order valence-corrected chi connectivity index (χ4v) is 2.73. The van der Waals surface area contributed by atoms with E-state index in [2.05, 4.69) is 21.2 Å². The first kappa shape index (κ1) is 11.1. The third-order valence-corrected chi connectivity index (χ3v) is 3.97. The molecule has 3 atom stereocenters. The van der Waals surface area contributed by atoms with E-state index in [-0.39, 0.29) is 0 Å². The molecule has 2 aliphatic rings. The highest BCUT2D eigenvalue weighted by Crippen LogP contribution is 2.53. The number of hydrogen-bond acceptors (Lipinski definition) is 5. The van der Waals surface area contributed by atoms with Crippen LogP contribution in [0.5, 0.6) is 0 Å². The number of pyridine rings is 1. The molecule has 1 aliphatic carbocycles. The maximum atomic E-state index is 5.42. The van der Waals surface area contributed by atoms with Gasteiger partial charge in [0, 0.05) is 30.8 Å². The minimum Gasteiger partial charge on any atom is -0.381 e. The van der Waals surface area contributed by atoms with Crippen LogP contribution < -0.4 is 0 Å². The van der Waals surface area contributed by atoms with Gasteiger partial charge in [-0.25, -0.2) is 0 Å². The second-order valence-electron chi connectivity index (χ2n) is 5.29. The van der Waals surface area contributed by atoms with E-state index in [0.717, 1.165) is 37.8 Å². The van der Waals surface area contributed by atoms with Crippen molar-refractivity contribution in [1.82, 2.24) is 15.1 Å². The van der Waals surface area contributed by atoms with Crippen molar-refractivity contribution in [2.24, 2.45) is 0 Å². The van der Waals surface area contributed by atoms with Crippen molar-refractivity contribution < 1.29 is 9.26 Å². The van der Waals surface area contributed by atoms with Gasteiger partial charge in [0.2, 0.25) is 5.89 Å². The molecular weight excluding hydrogens is 242 g/mol. The van der Waals surface area contributed by atoms with Gasteiger partial charge in [0.15, 0.2) is 5.82 Å². The molecule has 0 radical (unpaired) electrons. The Morgan fingerprint density at radius 1 is 1.26 bits per heavy atom. The van der Waals surface area contributed by atoms with Crippen LogP contribution >= 0.6 is 0 Å². The Hall–Kier alpha value is -1.75. The number of hydrogen-bond donors (Lipinski definition) is 0. The van der Waals surface area contributed by atoms with Crippen LogP contribution in [0.4, 0.5) is 0 Å². The second kappa shape index (κ2) is 4.42. The zero-order chi connectivity index (χ0) is 12.7. The minimum atomic E-state index is 0.313. The molecule has 0 bridgehead atoms. The van der Waals surface area contributed by atoms with E-state index in [1.165, 1.54) is 5.56 Å². The smallest absolute Gasteiger partial charge is 0.230 e. The molecule has 1 aliphatic heterocycles. The van der Waals surface area contributed by atoms with Crippen LogP contribution in [0.2, 0.25) is 0 Å². The second-order valence-corrected chi connectivity index (χ2v) is 5.29. The molecule has 2 aromatic rings. The number of aromatic nitrogens is 3. The molecule has 1 saturated heterocycles. The summed E-state index contributed by atoms with van der Waals surface area (Å²) in [6, 6.07) is 4.08. The van der Waals surface area contributed by atoms with Crippen LogP contribution in [0.3, 0.4) is 0 Å². The van der Waals surface area contributed by atoms with Crippen molar-refractivity contribution in [1.29, 1.82) is 0 Å². The lowest BCUT2D eigenvalue weighted by Gasteiger charge is -1.98. The van der Waals surface area contributed by atoms with Gasteiger partial charge in [-0.3, -0.25) is 4.98 Å². The third kappa shape index (κ3) is 2.04. The highest BCUT2D eigenvalue weighted by atomic mass is 16.5. The Bertz CT molecular complexity index is 563. The summed E-state index contributed by atoms with van der Waals surface area (Å²) in [5.41, 5.74) is 1.26. The number of rotatable bonds is 3. The molecular formula is C14H15N3O2. The van der Waals surface area contributed by atoms with E-state index >= 15 is 0 Å².